The van der Waals surface area contributed by atoms with Crippen molar-refractivity contribution in [3.63, 3.8) is 0 Å². The van der Waals surface area contributed by atoms with Crippen molar-refractivity contribution in [2.45, 2.75) is 78.1 Å². The van der Waals surface area contributed by atoms with Crippen LogP contribution >= 0.6 is 0 Å². The van der Waals surface area contributed by atoms with Gasteiger partial charge in [-0.05, 0) is 56.5 Å². The van der Waals surface area contributed by atoms with Gasteiger partial charge in [0, 0.05) is 25.4 Å². The van der Waals surface area contributed by atoms with Crippen LogP contribution in [0.1, 0.15) is 53.9 Å². The molecular weight excluding hydrogens is 330 g/mol. The highest BCUT2D eigenvalue weighted by molar-refractivity contribution is 6.74. The first-order valence-electron chi connectivity index (χ1n) is 9.59. The first-order valence-corrected chi connectivity index (χ1v) is 12.5. The Kier molecular flexibility index (Phi) is 8.42. The third-order valence-electron chi connectivity index (χ3n) is 5.15. The summed E-state index contributed by atoms with van der Waals surface area (Å²) in [5.74, 6) is -0.225. The van der Waals surface area contributed by atoms with Gasteiger partial charge in [0.25, 0.3) is 0 Å². The van der Waals surface area contributed by atoms with E-state index >= 15 is 0 Å². The third kappa shape index (κ3) is 6.63. The molecule has 0 N–H and O–H groups in total. The van der Waals surface area contributed by atoms with Crippen molar-refractivity contribution in [2.75, 3.05) is 19.8 Å². The molecule has 1 aliphatic rings. The first-order chi connectivity index (χ1) is 11.6. The number of carbonyl (C=O) groups is 1. The van der Waals surface area contributed by atoms with E-state index in [1.807, 2.05) is 19.2 Å². The Morgan fingerprint density at radius 2 is 1.96 bits per heavy atom. The molecule has 5 heteroatoms. The molecule has 144 valence electrons. The lowest BCUT2D eigenvalue weighted by atomic mass is 10.0. The van der Waals surface area contributed by atoms with Gasteiger partial charge in [0.2, 0.25) is 0 Å². The standard InChI is InChI=1S/C20H37NO3Si/c1-8-13-21-14-12-17(19(22)23-9-2)16-18(21)11-10-15-24-25(6,7)20(3,4)5/h12,14,16,18H,8-11,13,15H2,1-7H3. The van der Waals surface area contributed by atoms with Crippen LogP contribution < -0.4 is 0 Å². The zero-order valence-corrected chi connectivity index (χ0v) is 18.2. The van der Waals surface area contributed by atoms with Crippen molar-refractivity contribution in [2.24, 2.45) is 0 Å². The predicted molar refractivity (Wildman–Crippen MR) is 107 cm³/mol. The van der Waals surface area contributed by atoms with Crippen LogP contribution in [0.25, 0.3) is 0 Å². The average Bonchev–Trinajstić information content (AvgIpc) is 2.52. The molecule has 0 amide bonds. The average molecular weight is 368 g/mol. The van der Waals surface area contributed by atoms with E-state index in [1.165, 1.54) is 0 Å². The van der Waals surface area contributed by atoms with Gasteiger partial charge in [-0.25, -0.2) is 4.79 Å². The highest BCUT2D eigenvalue weighted by Gasteiger charge is 2.36. The van der Waals surface area contributed by atoms with Crippen LogP contribution in [0.3, 0.4) is 0 Å². The second-order valence-corrected chi connectivity index (χ2v) is 13.0. The Labute approximate surface area is 155 Å². The molecular formula is C20H37NO3Si. The molecule has 1 heterocycles. The van der Waals surface area contributed by atoms with Gasteiger partial charge in [-0.15, -0.1) is 0 Å². The lowest BCUT2D eigenvalue weighted by molar-refractivity contribution is -0.138. The number of esters is 1. The minimum absolute atomic E-state index is 0.225. The largest absolute Gasteiger partial charge is 0.462 e. The maximum absolute atomic E-state index is 12.0. The Hall–Kier alpha value is -1.07. The summed E-state index contributed by atoms with van der Waals surface area (Å²) < 4.78 is 11.4. The van der Waals surface area contributed by atoms with Crippen molar-refractivity contribution in [1.29, 1.82) is 0 Å². The second kappa shape index (κ2) is 9.58. The van der Waals surface area contributed by atoms with E-state index in [2.05, 4.69) is 51.8 Å². The van der Waals surface area contributed by atoms with Crippen LogP contribution in [0.2, 0.25) is 18.1 Å². The van der Waals surface area contributed by atoms with Gasteiger partial charge < -0.3 is 14.1 Å². The molecule has 0 saturated heterocycles. The molecule has 0 aromatic rings. The maximum atomic E-state index is 12.0. The smallest absolute Gasteiger partial charge is 0.337 e. The second-order valence-electron chi connectivity index (χ2n) is 8.21. The molecule has 0 fully saturated rings. The van der Waals surface area contributed by atoms with E-state index in [-0.39, 0.29) is 17.0 Å². The number of nitrogens with zero attached hydrogens (tertiary/aromatic N) is 1. The molecule has 0 saturated carbocycles. The van der Waals surface area contributed by atoms with Gasteiger partial charge >= 0.3 is 5.97 Å². The molecule has 0 aromatic heterocycles. The maximum Gasteiger partial charge on any atom is 0.337 e. The molecule has 0 aliphatic carbocycles. The number of ether oxygens (including phenoxy) is 1. The van der Waals surface area contributed by atoms with Crippen molar-refractivity contribution in [1.82, 2.24) is 4.90 Å². The Morgan fingerprint density at radius 1 is 1.28 bits per heavy atom. The van der Waals surface area contributed by atoms with Gasteiger partial charge in [-0.1, -0.05) is 27.7 Å². The Balaban J connectivity index is 2.62. The zero-order valence-electron chi connectivity index (χ0n) is 17.2. The zero-order chi connectivity index (χ0) is 19.1. The molecule has 1 atom stereocenters. The quantitative estimate of drug-likeness (QED) is 0.330. The van der Waals surface area contributed by atoms with Crippen LogP contribution in [-0.2, 0) is 14.0 Å². The molecule has 0 radical (unpaired) electrons. The third-order valence-corrected chi connectivity index (χ3v) is 9.69. The minimum Gasteiger partial charge on any atom is -0.462 e. The van der Waals surface area contributed by atoms with E-state index in [0.29, 0.717) is 12.2 Å². The predicted octanol–water partition coefficient (Wildman–Crippen LogP) is 4.89. The molecule has 1 rings (SSSR count). The van der Waals surface area contributed by atoms with E-state index in [0.717, 1.165) is 32.4 Å². The fraction of sp³-hybridized carbons (Fsp3) is 0.750. The number of hydrogen-bond acceptors (Lipinski definition) is 4. The lowest BCUT2D eigenvalue weighted by Crippen LogP contribution is -2.41. The monoisotopic (exact) mass is 367 g/mol. The number of carbonyl (C=O) groups excluding carboxylic acids is 1. The van der Waals surface area contributed by atoms with Gasteiger partial charge in [-0.3, -0.25) is 0 Å². The molecule has 0 aromatic carbocycles. The van der Waals surface area contributed by atoms with Crippen molar-refractivity contribution in [3.05, 3.63) is 23.9 Å². The SMILES string of the molecule is CCCN1C=CC(C(=O)OCC)=CC1CCCO[Si](C)(C)C(C)(C)C. The highest BCUT2D eigenvalue weighted by atomic mass is 28.4. The van der Waals surface area contributed by atoms with E-state index in [1.54, 1.807) is 0 Å². The van der Waals surface area contributed by atoms with E-state index in [9.17, 15) is 4.79 Å². The van der Waals surface area contributed by atoms with Crippen molar-refractivity contribution < 1.29 is 14.0 Å². The number of rotatable bonds is 9. The lowest BCUT2D eigenvalue weighted by Gasteiger charge is -2.36. The topological polar surface area (TPSA) is 38.8 Å². The van der Waals surface area contributed by atoms with Crippen LogP contribution in [0.4, 0.5) is 0 Å². The normalized spacial score (nSPS) is 18.3. The number of hydrogen-bond donors (Lipinski definition) is 0. The van der Waals surface area contributed by atoms with Crippen LogP contribution in [-0.4, -0.2) is 45.0 Å². The van der Waals surface area contributed by atoms with Gasteiger partial charge in [0.05, 0.1) is 12.2 Å². The molecule has 1 aliphatic heterocycles. The summed E-state index contributed by atoms with van der Waals surface area (Å²) in [6.45, 7) is 17.6. The van der Waals surface area contributed by atoms with Crippen LogP contribution in [0, 0.1) is 0 Å². The first kappa shape index (κ1) is 22.0. The molecule has 1 unspecified atom stereocenters. The van der Waals surface area contributed by atoms with E-state index < -0.39 is 8.32 Å². The summed E-state index contributed by atoms with van der Waals surface area (Å²) in [5, 5.41) is 0.242. The van der Waals surface area contributed by atoms with E-state index in [4.69, 9.17) is 9.16 Å². The summed E-state index contributed by atoms with van der Waals surface area (Å²) in [6, 6.07) is 0.243. The fourth-order valence-electron chi connectivity index (χ4n) is 2.58. The van der Waals surface area contributed by atoms with Gasteiger partial charge in [0.1, 0.15) is 0 Å². The molecule has 4 nitrogen and oxygen atoms in total. The van der Waals surface area contributed by atoms with Gasteiger partial charge in [-0.2, -0.15) is 0 Å². The summed E-state index contributed by atoms with van der Waals surface area (Å²) in [7, 11) is -1.68. The molecule has 0 bridgehead atoms. The fourth-order valence-corrected chi connectivity index (χ4v) is 3.67. The highest BCUT2D eigenvalue weighted by Crippen LogP contribution is 2.36. The van der Waals surface area contributed by atoms with Crippen LogP contribution in [0.5, 0.6) is 0 Å². The Morgan fingerprint density at radius 3 is 2.52 bits per heavy atom. The van der Waals surface area contributed by atoms with Crippen molar-refractivity contribution in [3.8, 4) is 0 Å². The molecule has 0 spiro atoms. The summed E-state index contributed by atoms with van der Waals surface area (Å²) >= 11 is 0. The summed E-state index contributed by atoms with van der Waals surface area (Å²) in [5.41, 5.74) is 0.671. The summed E-state index contributed by atoms with van der Waals surface area (Å²) in [6.07, 6.45) is 9.04. The summed E-state index contributed by atoms with van der Waals surface area (Å²) in [4.78, 5) is 14.3. The van der Waals surface area contributed by atoms with Crippen molar-refractivity contribution >= 4 is 14.3 Å². The molecule has 25 heavy (non-hydrogen) atoms. The van der Waals surface area contributed by atoms with Gasteiger partial charge in [0.15, 0.2) is 8.32 Å². The Bertz CT molecular complexity index is 492. The minimum atomic E-state index is -1.68. The van der Waals surface area contributed by atoms with Crippen LogP contribution in [0.15, 0.2) is 23.9 Å².